The van der Waals surface area contributed by atoms with Gasteiger partial charge in [0.05, 0.1) is 0 Å². The van der Waals surface area contributed by atoms with Gasteiger partial charge in [0.15, 0.2) is 11.5 Å². The molecule has 4 heteroatoms. The lowest BCUT2D eigenvalue weighted by Gasteiger charge is -2.26. The molecule has 1 heterocycles. The van der Waals surface area contributed by atoms with Crippen LogP contribution in [0.2, 0.25) is 0 Å². The fourth-order valence-corrected chi connectivity index (χ4v) is 2.40. The summed E-state index contributed by atoms with van der Waals surface area (Å²) in [4.78, 5) is 0. The fraction of sp³-hybridized carbons (Fsp3) is 0.571. The van der Waals surface area contributed by atoms with Crippen molar-refractivity contribution >= 4 is 0 Å². The molecule has 2 unspecified atom stereocenters. The molecule has 2 N–H and O–H groups in total. The number of nitrogens with one attached hydrogen (secondary N) is 1. The number of aliphatic hydroxyl groups is 1. The Bertz CT molecular complexity index is 391. The molecule has 0 radical (unpaired) electrons. The van der Waals surface area contributed by atoms with E-state index in [-0.39, 0.29) is 18.6 Å². The Balaban J connectivity index is 2.25. The standard InChI is InChI=1S/C14H21NO3/c1-3-10(9-16)14(15-2)11-4-5-12-13(8-11)18-7-6-17-12/h4-5,8,10,14-16H,3,6-7,9H2,1-2H3. The van der Waals surface area contributed by atoms with E-state index in [9.17, 15) is 5.11 Å². The zero-order valence-electron chi connectivity index (χ0n) is 11.0. The molecule has 2 atom stereocenters. The minimum atomic E-state index is 0.135. The maximum Gasteiger partial charge on any atom is 0.161 e. The first-order valence-electron chi connectivity index (χ1n) is 6.47. The summed E-state index contributed by atoms with van der Waals surface area (Å²) >= 11 is 0. The number of ether oxygens (including phenoxy) is 2. The van der Waals surface area contributed by atoms with Crippen molar-refractivity contribution in [1.29, 1.82) is 0 Å². The van der Waals surface area contributed by atoms with Gasteiger partial charge in [-0.2, -0.15) is 0 Å². The summed E-state index contributed by atoms with van der Waals surface area (Å²) in [5, 5.41) is 12.7. The normalized spacial score (nSPS) is 17.3. The molecule has 1 aromatic carbocycles. The van der Waals surface area contributed by atoms with E-state index in [2.05, 4.69) is 12.2 Å². The van der Waals surface area contributed by atoms with Crippen molar-refractivity contribution < 1.29 is 14.6 Å². The minimum Gasteiger partial charge on any atom is -0.486 e. The summed E-state index contributed by atoms with van der Waals surface area (Å²) < 4.78 is 11.1. The first kappa shape index (κ1) is 13.2. The van der Waals surface area contributed by atoms with E-state index < -0.39 is 0 Å². The molecular formula is C14H21NO3. The molecule has 0 spiro atoms. The third-order valence-corrected chi connectivity index (χ3v) is 3.47. The van der Waals surface area contributed by atoms with E-state index in [0.29, 0.717) is 13.2 Å². The van der Waals surface area contributed by atoms with Crippen LogP contribution in [0, 0.1) is 5.92 Å². The third-order valence-electron chi connectivity index (χ3n) is 3.47. The van der Waals surface area contributed by atoms with Crippen LogP contribution in [-0.2, 0) is 0 Å². The molecule has 2 rings (SSSR count). The zero-order valence-corrected chi connectivity index (χ0v) is 11.0. The highest BCUT2D eigenvalue weighted by atomic mass is 16.6. The van der Waals surface area contributed by atoms with Gasteiger partial charge in [-0.05, 0) is 31.2 Å². The van der Waals surface area contributed by atoms with Gasteiger partial charge in [-0.25, -0.2) is 0 Å². The molecule has 0 bridgehead atoms. The molecule has 0 saturated heterocycles. The van der Waals surface area contributed by atoms with Gasteiger partial charge in [0.1, 0.15) is 13.2 Å². The van der Waals surface area contributed by atoms with E-state index in [4.69, 9.17) is 9.47 Å². The Hall–Kier alpha value is -1.26. The Labute approximate surface area is 108 Å². The highest BCUT2D eigenvalue weighted by Crippen LogP contribution is 2.34. The molecule has 0 aromatic heterocycles. The van der Waals surface area contributed by atoms with Crippen molar-refractivity contribution in [1.82, 2.24) is 5.32 Å². The van der Waals surface area contributed by atoms with Crippen molar-refractivity contribution in [3.63, 3.8) is 0 Å². The first-order chi connectivity index (χ1) is 8.80. The van der Waals surface area contributed by atoms with Crippen LogP contribution in [0.3, 0.4) is 0 Å². The van der Waals surface area contributed by atoms with Crippen molar-refractivity contribution in [2.24, 2.45) is 5.92 Å². The van der Waals surface area contributed by atoms with Crippen molar-refractivity contribution in [3.8, 4) is 11.5 Å². The van der Waals surface area contributed by atoms with E-state index in [1.54, 1.807) is 0 Å². The SMILES string of the molecule is CCC(CO)C(NC)c1ccc2c(c1)OCCO2. The second-order valence-electron chi connectivity index (χ2n) is 4.52. The Morgan fingerprint density at radius 3 is 2.61 bits per heavy atom. The van der Waals surface area contributed by atoms with Gasteiger partial charge < -0.3 is 19.9 Å². The van der Waals surface area contributed by atoms with Crippen LogP contribution in [0.25, 0.3) is 0 Å². The number of aliphatic hydroxyl groups excluding tert-OH is 1. The molecule has 100 valence electrons. The number of hydrogen-bond donors (Lipinski definition) is 2. The van der Waals surface area contributed by atoms with Crippen LogP contribution >= 0.6 is 0 Å². The highest BCUT2D eigenvalue weighted by Gasteiger charge is 2.21. The quantitative estimate of drug-likeness (QED) is 0.837. The molecular weight excluding hydrogens is 230 g/mol. The van der Waals surface area contributed by atoms with Gasteiger partial charge in [0.25, 0.3) is 0 Å². The van der Waals surface area contributed by atoms with E-state index in [1.807, 2.05) is 25.2 Å². The lowest BCUT2D eigenvalue weighted by Crippen LogP contribution is -2.27. The van der Waals surface area contributed by atoms with Gasteiger partial charge in [-0.1, -0.05) is 13.0 Å². The first-order valence-corrected chi connectivity index (χ1v) is 6.47. The maximum atomic E-state index is 9.43. The molecule has 0 saturated carbocycles. The second-order valence-corrected chi connectivity index (χ2v) is 4.52. The lowest BCUT2D eigenvalue weighted by molar-refractivity contribution is 0.169. The van der Waals surface area contributed by atoms with E-state index >= 15 is 0 Å². The Kier molecular flexibility index (Phi) is 4.44. The number of rotatable bonds is 5. The van der Waals surface area contributed by atoms with Gasteiger partial charge in [-0.3, -0.25) is 0 Å². The van der Waals surface area contributed by atoms with E-state index in [1.165, 1.54) is 0 Å². The average Bonchev–Trinajstić information content (AvgIpc) is 2.44. The molecule has 18 heavy (non-hydrogen) atoms. The lowest BCUT2D eigenvalue weighted by atomic mass is 9.91. The topological polar surface area (TPSA) is 50.7 Å². The van der Waals surface area contributed by atoms with Gasteiger partial charge >= 0.3 is 0 Å². The minimum absolute atomic E-state index is 0.135. The third kappa shape index (κ3) is 2.60. The summed E-state index contributed by atoms with van der Waals surface area (Å²) in [5.41, 5.74) is 1.13. The van der Waals surface area contributed by atoms with Crippen LogP contribution in [0.15, 0.2) is 18.2 Å². The van der Waals surface area contributed by atoms with Crippen LogP contribution in [0.5, 0.6) is 11.5 Å². The molecule has 0 amide bonds. The Morgan fingerprint density at radius 1 is 1.28 bits per heavy atom. The average molecular weight is 251 g/mol. The second kappa shape index (κ2) is 6.07. The van der Waals surface area contributed by atoms with Crippen LogP contribution in [0.4, 0.5) is 0 Å². The predicted octanol–water partition coefficient (Wildman–Crippen LogP) is 1.74. The number of benzene rings is 1. The molecule has 0 fully saturated rings. The Morgan fingerprint density at radius 2 is 2.00 bits per heavy atom. The molecule has 1 aromatic rings. The zero-order chi connectivity index (χ0) is 13.0. The fourth-order valence-electron chi connectivity index (χ4n) is 2.40. The number of fused-ring (bicyclic) bond motifs is 1. The molecule has 4 nitrogen and oxygen atoms in total. The summed E-state index contributed by atoms with van der Waals surface area (Å²) in [7, 11) is 1.92. The van der Waals surface area contributed by atoms with E-state index in [0.717, 1.165) is 23.5 Å². The van der Waals surface area contributed by atoms with Crippen LogP contribution < -0.4 is 14.8 Å². The summed E-state index contributed by atoms with van der Waals surface area (Å²) in [5.74, 6) is 1.81. The summed E-state index contributed by atoms with van der Waals surface area (Å²) in [6, 6.07) is 6.12. The van der Waals surface area contributed by atoms with Crippen molar-refractivity contribution in [2.45, 2.75) is 19.4 Å². The van der Waals surface area contributed by atoms with Gasteiger partial charge in [-0.15, -0.1) is 0 Å². The smallest absolute Gasteiger partial charge is 0.161 e. The van der Waals surface area contributed by atoms with Crippen molar-refractivity contribution in [2.75, 3.05) is 26.9 Å². The summed E-state index contributed by atoms with van der Waals surface area (Å²) in [6.07, 6.45) is 0.927. The van der Waals surface area contributed by atoms with Gasteiger partial charge in [0.2, 0.25) is 0 Å². The summed E-state index contributed by atoms with van der Waals surface area (Å²) in [6.45, 7) is 3.47. The monoisotopic (exact) mass is 251 g/mol. The van der Waals surface area contributed by atoms with Gasteiger partial charge in [0, 0.05) is 18.6 Å². The maximum absolute atomic E-state index is 9.43. The van der Waals surface area contributed by atoms with Crippen LogP contribution in [0.1, 0.15) is 24.9 Å². The highest BCUT2D eigenvalue weighted by molar-refractivity contribution is 5.44. The largest absolute Gasteiger partial charge is 0.486 e. The van der Waals surface area contributed by atoms with Crippen molar-refractivity contribution in [3.05, 3.63) is 23.8 Å². The molecule has 1 aliphatic rings. The molecule has 0 aliphatic carbocycles. The molecule has 1 aliphatic heterocycles. The predicted molar refractivity (Wildman–Crippen MR) is 70.1 cm³/mol. The van der Waals surface area contributed by atoms with Crippen LogP contribution in [-0.4, -0.2) is 32.0 Å². The number of hydrogen-bond acceptors (Lipinski definition) is 4.